The van der Waals surface area contributed by atoms with Crippen molar-refractivity contribution >= 4 is 22.9 Å². The Labute approximate surface area is 104 Å². The standard InChI is InChI=1S/C12H15NO3S/c1-2-15-7-9(14)8-17-12-13-10-5-3-4-6-11(10)16-12/h3-6,9,14H,2,7-8H2,1H3. The molecule has 2 aromatic rings. The van der Waals surface area contributed by atoms with E-state index in [-0.39, 0.29) is 0 Å². The number of rotatable bonds is 6. The number of oxazole rings is 1. The molecule has 1 aromatic heterocycles. The molecule has 0 fully saturated rings. The van der Waals surface area contributed by atoms with Gasteiger partial charge >= 0.3 is 0 Å². The summed E-state index contributed by atoms with van der Waals surface area (Å²) in [5.41, 5.74) is 1.61. The SMILES string of the molecule is CCOCC(O)CSc1nc2ccccc2o1. The first-order chi connectivity index (χ1) is 8.29. The molecule has 1 atom stereocenters. The summed E-state index contributed by atoms with van der Waals surface area (Å²) in [4.78, 5) is 4.31. The number of para-hydroxylation sites is 2. The van der Waals surface area contributed by atoms with E-state index in [1.807, 2.05) is 31.2 Å². The van der Waals surface area contributed by atoms with Crippen LogP contribution in [-0.2, 0) is 4.74 Å². The fourth-order valence-electron chi connectivity index (χ4n) is 1.38. The summed E-state index contributed by atoms with van der Waals surface area (Å²) >= 11 is 1.40. The van der Waals surface area contributed by atoms with E-state index in [4.69, 9.17) is 9.15 Å². The van der Waals surface area contributed by atoms with Crippen molar-refractivity contribution in [2.45, 2.75) is 18.3 Å². The number of fused-ring (bicyclic) bond motifs is 1. The van der Waals surface area contributed by atoms with Gasteiger partial charge in [0.15, 0.2) is 5.58 Å². The summed E-state index contributed by atoms with van der Waals surface area (Å²) in [7, 11) is 0. The first-order valence-corrected chi connectivity index (χ1v) is 6.52. The summed E-state index contributed by atoms with van der Waals surface area (Å²) in [5.74, 6) is 0.521. The predicted molar refractivity (Wildman–Crippen MR) is 67.2 cm³/mol. The maximum absolute atomic E-state index is 9.60. The van der Waals surface area contributed by atoms with Crippen molar-refractivity contribution in [1.29, 1.82) is 0 Å². The number of benzene rings is 1. The molecule has 0 aliphatic rings. The van der Waals surface area contributed by atoms with Gasteiger partial charge in [0.25, 0.3) is 5.22 Å². The zero-order chi connectivity index (χ0) is 12.1. The second kappa shape index (κ2) is 6.05. The molecular formula is C12H15NO3S. The summed E-state index contributed by atoms with van der Waals surface area (Å²) in [6, 6.07) is 7.61. The van der Waals surface area contributed by atoms with Crippen LogP contribution in [0, 0.1) is 0 Å². The molecule has 0 bridgehead atoms. The quantitative estimate of drug-likeness (QED) is 0.801. The zero-order valence-corrected chi connectivity index (χ0v) is 10.4. The highest BCUT2D eigenvalue weighted by Gasteiger charge is 2.09. The van der Waals surface area contributed by atoms with Gasteiger partial charge in [0.2, 0.25) is 0 Å². The lowest BCUT2D eigenvalue weighted by atomic mass is 10.3. The monoisotopic (exact) mass is 253 g/mol. The van der Waals surface area contributed by atoms with Crippen LogP contribution in [0.3, 0.4) is 0 Å². The lowest BCUT2D eigenvalue weighted by Crippen LogP contribution is -2.17. The van der Waals surface area contributed by atoms with E-state index in [9.17, 15) is 5.11 Å². The molecule has 0 aliphatic carbocycles. The van der Waals surface area contributed by atoms with Crippen molar-refractivity contribution in [3.63, 3.8) is 0 Å². The van der Waals surface area contributed by atoms with Gasteiger partial charge in [-0.2, -0.15) is 0 Å². The van der Waals surface area contributed by atoms with Crippen LogP contribution in [0.1, 0.15) is 6.92 Å². The third-order valence-corrected chi connectivity index (χ3v) is 3.16. The Bertz CT molecular complexity index is 438. The number of aromatic nitrogens is 1. The van der Waals surface area contributed by atoms with Crippen molar-refractivity contribution in [2.24, 2.45) is 0 Å². The molecule has 0 radical (unpaired) electrons. The molecule has 0 saturated carbocycles. The first kappa shape index (κ1) is 12.4. The van der Waals surface area contributed by atoms with Crippen LogP contribution in [0.5, 0.6) is 0 Å². The second-order valence-electron chi connectivity index (χ2n) is 3.57. The Balaban J connectivity index is 1.90. The maximum Gasteiger partial charge on any atom is 0.256 e. The Hall–Kier alpha value is -1.04. The van der Waals surface area contributed by atoms with E-state index >= 15 is 0 Å². The van der Waals surface area contributed by atoms with Crippen LogP contribution in [0.2, 0.25) is 0 Å². The molecule has 92 valence electrons. The van der Waals surface area contributed by atoms with Gasteiger partial charge in [0.1, 0.15) is 5.52 Å². The number of aliphatic hydroxyl groups excluding tert-OH is 1. The highest BCUT2D eigenvalue weighted by molar-refractivity contribution is 7.99. The maximum atomic E-state index is 9.60. The molecule has 0 aliphatic heterocycles. The zero-order valence-electron chi connectivity index (χ0n) is 9.63. The Kier molecular flexibility index (Phi) is 4.42. The van der Waals surface area contributed by atoms with Crippen LogP contribution >= 0.6 is 11.8 Å². The van der Waals surface area contributed by atoms with Crippen molar-refractivity contribution in [3.05, 3.63) is 24.3 Å². The minimum absolute atomic E-state index is 0.351. The molecule has 2 rings (SSSR count). The molecule has 0 amide bonds. The Morgan fingerprint density at radius 2 is 2.29 bits per heavy atom. The predicted octanol–water partition coefficient (Wildman–Crippen LogP) is 2.32. The number of nitrogens with zero attached hydrogens (tertiary/aromatic N) is 1. The lowest BCUT2D eigenvalue weighted by Gasteiger charge is -2.07. The number of aliphatic hydroxyl groups is 1. The highest BCUT2D eigenvalue weighted by Crippen LogP contribution is 2.23. The van der Waals surface area contributed by atoms with Crippen LogP contribution < -0.4 is 0 Å². The minimum Gasteiger partial charge on any atom is -0.431 e. The molecule has 1 heterocycles. The summed E-state index contributed by atoms with van der Waals surface area (Å²) < 4.78 is 10.7. The average Bonchev–Trinajstić information content (AvgIpc) is 2.76. The normalized spacial score (nSPS) is 13.1. The molecule has 5 heteroatoms. The van der Waals surface area contributed by atoms with Crippen LogP contribution in [0.4, 0.5) is 0 Å². The third kappa shape index (κ3) is 3.46. The topological polar surface area (TPSA) is 55.5 Å². The first-order valence-electron chi connectivity index (χ1n) is 5.53. The average molecular weight is 253 g/mol. The summed E-state index contributed by atoms with van der Waals surface area (Å²) in [6.45, 7) is 2.87. The van der Waals surface area contributed by atoms with Crippen molar-refractivity contribution < 1.29 is 14.3 Å². The molecule has 17 heavy (non-hydrogen) atoms. The molecule has 0 spiro atoms. The van der Waals surface area contributed by atoms with Crippen molar-refractivity contribution in [3.8, 4) is 0 Å². The van der Waals surface area contributed by atoms with Gasteiger partial charge < -0.3 is 14.3 Å². The molecule has 1 unspecified atom stereocenters. The Morgan fingerprint density at radius 3 is 3.06 bits per heavy atom. The van der Waals surface area contributed by atoms with Crippen molar-refractivity contribution in [1.82, 2.24) is 4.98 Å². The van der Waals surface area contributed by atoms with E-state index in [2.05, 4.69) is 4.98 Å². The fraction of sp³-hybridized carbons (Fsp3) is 0.417. The Morgan fingerprint density at radius 1 is 1.47 bits per heavy atom. The van der Waals surface area contributed by atoms with Gasteiger partial charge in [0.05, 0.1) is 12.7 Å². The lowest BCUT2D eigenvalue weighted by molar-refractivity contribution is 0.0550. The third-order valence-electron chi connectivity index (χ3n) is 2.19. The van der Waals surface area contributed by atoms with Crippen LogP contribution in [0.15, 0.2) is 33.9 Å². The summed E-state index contributed by atoms with van der Waals surface area (Å²) in [6.07, 6.45) is -0.491. The second-order valence-corrected chi connectivity index (χ2v) is 4.54. The summed E-state index contributed by atoms with van der Waals surface area (Å²) in [5, 5.41) is 10.2. The number of thioether (sulfide) groups is 1. The number of hydrogen-bond acceptors (Lipinski definition) is 5. The molecular weight excluding hydrogens is 238 g/mol. The minimum atomic E-state index is -0.491. The number of hydrogen-bond donors (Lipinski definition) is 1. The van der Waals surface area contributed by atoms with Crippen molar-refractivity contribution in [2.75, 3.05) is 19.0 Å². The van der Waals surface area contributed by atoms with Crippen LogP contribution in [0.25, 0.3) is 11.1 Å². The van der Waals surface area contributed by atoms with E-state index in [1.54, 1.807) is 0 Å². The van der Waals surface area contributed by atoms with Gasteiger partial charge in [-0.05, 0) is 19.1 Å². The molecule has 4 nitrogen and oxygen atoms in total. The van der Waals surface area contributed by atoms with E-state index < -0.39 is 6.10 Å². The van der Waals surface area contributed by atoms with Gasteiger partial charge in [-0.3, -0.25) is 0 Å². The van der Waals surface area contributed by atoms with E-state index in [0.717, 1.165) is 11.1 Å². The van der Waals surface area contributed by atoms with Gasteiger partial charge in [-0.1, -0.05) is 23.9 Å². The smallest absolute Gasteiger partial charge is 0.256 e. The molecule has 1 N–H and O–H groups in total. The molecule has 0 saturated heterocycles. The highest BCUT2D eigenvalue weighted by atomic mass is 32.2. The van der Waals surface area contributed by atoms with E-state index in [1.165, 1.54) is 11.8 Å². The fourth-order valence-corrected chi connectivity index (χ4v) is 2.13. The van der Waals surface area contributed by atoms with Gasteiger partial charge in [0, 0.05) is 12.4 Å². The largest absolute Gasteiger partial charge is 0.431 e. The van der Waals surface area contributed by atoms with E-state index in [0.29, 0.717) is 24.2 Å². The van der Waals surface area contributed by atoms with Gasteiger partial charge in [-0.15, -0.1) is 0 Å². The molecule has 1 aromatic carbocycles. The van der Waals surface area contributed by atoms with Crippen LogP contribution in [-0.4, -0.2) is 35.2 Å². The van der Waals surface area contributed by atoms with Gasteiger partial charge in [-0.25, -0.2) is 4.98 Å². The number of ether oxygens (including phenoxy) is 1.